The molecule has 0 atom stereocenters. The third-order valence-electron chi connectivity index (χ3n) is 4.22. The predicted octanol–water partition coefficient (Wildman–Crippen LogP) is 2.51. The van der Waals surface area contributed by atoms with Crippen LogP contribution in [0.25, 0.3) is 10.4 Å². The van der Waals surface area contributed by atoms with Crippen LogP contribution < -0.4 is 26.3 Å². The second-order valence-electron chi connectivity index (χ2n) is 5.66. The number of carbonyl (C=O) groups is 2. The van der Waals surface area contributed by atoms with Gasteiger partial charge in [0.25, 0.3) is 5.91 Å². The van der Waals surface area contributed by atoms with Crippen molar-refractivity contribution in [3.05, 3.63) is 28.8 Å². The predicted molar refractivity (Wildman–Crippen MR) is 96.6 cm³/mol. The van der Waals surface area contributed by atoms with Crippen LogP contribution in [0.2, 0.25) is 0 Å². The van der Waals surface area contributed by atoms with Crippen molar-refractivity contribution in [3.8, 4) is 21.9 Å². The van der Waals surface area contributed by atoms with Crippen LogP contribution in [0.1, 0.15) is 27.9 Å². The molecule has 1 aromatic carbocycles. The van der Waals surface area contributed by atoms with Gasteiger partial charge in [-0.15, -0.1) is 11.3 Å². The molecule has 0 spiro atoms. The molecule has 3 rings (SSSR count). The monoisotopic (exact) mass is 361 g/mol. The lowest BCUT2D eigenvalue weighted by molar-refractivity contribution is 0.100. The fourth-order valence-electron chi connectivity index (χ4n) is 3.25. The lowest BCUT2D eigenvalue weighted by atomic mass is 10.0. The number of hydrogen-bond acceptors (Lipinski definition) is 5. The highest BCUT2D eigenvalue weighted by Crippen LogP contribution is 2.50. The van der Waals surface area contributed by atoms with E-state index in [-0.39, 0.29) is 0 Å². The Hall–Kier alpha value is -2.74. The molecule has 0 bridgehead atoms. The Bertz CT molecular complexity index is 860. The molecule has 7 nitrogen and oxygen atoms in total. The summed E-state index contributed by atoms with van der Waals surface area (Å²) in [5, 5.41) is 2.88. The molecule has 0 unspecified atom stereocenters. The largest absolute Gasteiger partial charge is 0.493 e. The Morgan fingerprint density at radius 3 is 2.52 bits per heavy atom. The number of aryl methyl sites for hydroxylation is 1. The van der Waals surface area contributed by atoms with Gasteiger partial charge in [0.05, 0.1) is 19.8 Å². The zero-order valence-corrected chi connectivity index (χ0v) is 14.8. The quantitative estimate of drug-likeness (QED) is 0.775. The van der Waals surface area contributed by atoms with E-state index in [0.29, 0.717) is 28.5 Å². The second kappa shape index (κ2) is 6.64. The van der Waals surface area contributed by atoms with Gasteiger partial charge in [0.15, 0.2) is 11.5 Å². The first-order valence-corrected chi connectivity index (χ1v) is 8.55. The summed E-state index contributed by atoms with van der Waals surface area (Å²) >= 11 is 1.28. The molecular weight excluding hydrogens is 342 g/mol. The number of ether oxygens (including phenoxy) is 2. The molecular formula is C17H19N3O4S. The van der Waals surface area contributed by atoms with E-state index in [0.717, 1.165) is 34.4 Å². The van der Waals surface area contributed by atoms with Gasteiger partial charge in [0.1, 0.15) is 5.00 Å². The Kier molecular flexibility index (Phi) is 4.54. The van der Waals surface area contributed by atoms with Gasteiger partial charge in [0.2, 0.25) is 0 Å². The molecule has 0 saturated heterocycles. The highest BCUT2D eigenvalue weighted by atomic mass is 32.1. The van der Waals surface area contributed by atoms with E-state index >= 15 is 0 Å². The number of carbonyl (C=O) groups excluding carboxylic acids is 2. The molecule has 3 amide bonds. The van der Waals surface area contributed by atoms with E-state index < -0.39 is 11.9 Å². The summed E-state index contributed by atoms with van der Waals surface area (Å²) in [6, 6.07) is 3.13. The van der Waals surface area contributed by atoms with E-state index in [9.17, 15) is 9.59 Å². The van der Waals surface area contributed by atoms with Crippen molar-refractivity contribution in [2.75, 3.05) is 19.5 Å². The summed E-state index contributed by atoms with van der Waals surface area (Å²) in [6.45, 7) is 0. The number of primary amides is 2. The third kappa shape index (κ3) is 2.89. The maximum Gasteiger partial charge on any atom is 0.317 e. The van der Waals surface area contributed by atoms with Crippen molar-refractivity contribution in [1.29, 1.82) is 0 Å². The summed E-state index contributed by atoms with van der Waals surface area (Å²) in [4.78, 5) is 24.2. The van der Waals surface area contributed by atoms with Crippen LogP contribution in [0.15, 0.2) is 12.1 Å². The molecule has 132 valence electrons. The fourth-order valence-corrected chi connectivity index (χ4v) is 4.58. The maximum absolute atomic E-state index is 12.0. The SMILES string of the molecule is COc1ccc2c(c1OC)-c1sc(NC(N)=O)c(C(N)=O)c1CCC2. The van der Waals surface area contributed by atoms with Gasteiger partial charge in [-0.05, 0) is 36.5 Å². The van der Waals surface area contributed by atoms with Crippen molar-refractivity contribution >= 4 is 28.3 Å². The molecule has 2 aromatic rings. The van der Waals surface area contributed by atoms with Crippen molar-refractivity contribution in [1.82, 2.24) is 0 Å². The van der Waals surface area contributed by atoms with Gasteiger partial charge in [0, 0.05) is 10.4 Å². The molecule has 0 fully saturated rings. The first-order chi connectivity index (χ1) is 12.0. The van der Waals surface area contributed by atoms with Crippen LogP contribution in [0.4, 0.5) is 9.80 Å². The third-order valence-corrected chi connectivity index (χ3v) is 5.39. The van der Waals surface area contributed by atoms with Crippen LogP contribution in [0.3, 0.4) is 0 Å². The average Bonchev–Trinajstić information content (AvgIpc) is 2.81. The molecule has 0 radical (unpaired) electrons. The zero-order valence-electron chi connectivity index (χ0n) is 14.0. The van der Waals surface area contributed by atoms with Crippen molar-refractivity contribution in [2.45, 2.75) is 19.3 Å². The number of nitrogens with two attached hydrogens (primary N) is 2. The number of rotatable bonds is 4. The molecule has 1 aliphatic carbocycles. The van der Waals surface area contributed by atoms with Crippen LogP contribution in [0.5, 0.6) is 11.5 Å². The topological polar surface area (TPSA) is 117 Å². The first-order valence-electron chi connectivity index (χ1n) is 7.74. The van der Waals surface area contributed by atoms with E-state index in [1.54, 1.807) is 14.2 Å². The fraction of sp³-hybridized carbons (Fsp3) is 0.294. The van der Waals surface area contributed by atoms with Gasteiger partial charge in [-0.3, -0.25) is 10.1 Å². The number of benzene rings is 1. The minimum absolute atomic E-state index is 0.316. The van der Waals surface area contributed by atoms with Crippen LogP contribution >= 0.6 is 11.3 Å². The number of thiophene rings is 1. The first kappa shape index (κ1) is 17.1. The summed E-state index contributed by atoms with van der Waals surface area (Å²) in [7, 11) is 3.15. The molecule has 1 aliphatic rings. The smallest absolute Gasteiger partial charge is 0.317 e. The lowest BCUT2D eigenvalue weighted by Crippen LogP contribution is -2.22. The highest BCUT2D eigenvalue weighted by Gasteiger charge is 2.29. The van der Waals surface area contributed by atoms with Gasteiger partial charge in [-0.2, -0.15) is 0 Å². The van der Waals surface area contributed by atoms with Crippen LogP contribution in [-0.2, 0) is 12.8 Å². The highest BCUT2D eigenvalue weighted by molar-refractivity contribution is 7.20. The summed E-state index contributed by atoms with van der Waals surface area (Å²) in [6.07, 6.45) is 2.36. The van der Waals surface area contributed by atoms with Gasteiger partial charge >= 0.3 is 6.03 Å². The molecule has 5 N–H and O–H groups in total. The maximum atomic E-state index is 12.0. The number of anilines is 1. The number of amides is 3. The Labute approximate surface area is 148 Å². The van der Waals surface area contributed by atoms with E-state index in [4.69, 9.17) is 20.9 Å². The normalized spacial score (nSPS) is 12.6. The minimum atomic E-state index is -0.739. The lowest BCUT2D eigenvalue weighted by Gasteiger charge is -2.15. The number of hydrogen-bond donors (Lipinski definition) is 3. The van der Waals surface area contributed by atoms with Crippen LogP contribution in [-0.4, -0.2) is 26.2 Å². The minimum Gasteiger partial charge on any atom is -0.493 e. The number of urea groups is 1. The number of nitrogens with one attached hydrogen (secondary N) is 1. The average molecular weight is 361 g/mol. The Morgan fingerprint density at radius 2 is 1.92 bits per heavy atom. The number of fused-ring (bicyclic) bond motifs is 3. The standard InChI is InChI=1S/C17H19N3O4S/c1-23-10-7-6-8-4-3-5-9-12(15(18)21)16(20-17(19)22)25-14(9)11(8)13(10)24-2/h6-7H,3-5H2,1-2H3,(H2,18,21)(H3,19,20,22). The van der Waals surface area contributed by atoms with Crippen molar-refractivity contribution in [3.63, 3.8) is 0 Å². The van der Waals surface area contributed by atoms with E-state index in [1.807, 2.05) is 12.1 Å². The molecule has 8 heteroatoms. The molecule has 1 aromatic heterocycles. The zero-order chi connectivity index (χ0) is 18.1. The molecule has 0 aliphatic heterocycles. The van der Waals surface area contributed by atoms with Gasteiger partial charge < -0.3 is 20.9 Å². The number of methoxy groups -OCH3 is 2. The molecule has 25 heavy (non-hydrogen) atoms. The second-order valence-corrected chi connectivity index (χ2v) is 6.68. The van der Waals surface area contributed by atoms with E-state index in [1.165, 1.54) is 11.3 Å². The molecule has 1 heterocycles. The summed E-state index contributed by atoms with van der Waals surface area (Å²) in [5.74, 6) is 0.616. The van der Waals surface area contributed by atoms with Gasteiger partial charge in [-0.25, -0.2) is 4.79 Å². The Morgan fingerprint density at radius 1 is 1.16 bits per heavy atom. The Balaban J connectivity index is 2.32. The van der Waals surface area contributed by atoms with Crippen molar-refractivity contribution in [2.24, 2.45) is 11.5 Å². The summed E-state index contributed by atoms with van der Waals surface area (Å²) in [5.41, 5.74) is 13.9. The van der Waals surface area contributed by atoms with Crippen LogP contribution in [0, 0.1) is 0 Å². The summed E-state index contributed by atoms with van der Waals surface area (Å²) < 4.78 is 11.0. The molecule has 0 saturated carbocycles. The van der Waals surface area contributed by atoms with Gasteiger partial charge in [-0.1, -0.05) is 6.07 Å². The van der Waals surface area contributed by atoms with Crippen molar-refractivity contribution < 1.29 is 19.1 Å². The van der Waals surface area contributed by atoms with E-state index in [2.05, 4.69) is 5.32 Å².